The summed E-state index contributed by atoms with van der Waals surface area (Å²) < 4.78 is 26.7. The summed E-state index contributed by atoms with van der Waals surface area (Å²) in [7, 11) is -3.36. The third-order valence-electron chi connectivity index (χ3n) is 2.74. The van der Waals surface area contributed by atoms with Crippen molar-refractivity contribution in [1.29, 1.82) is 0 Å². The van der Waals surface area contributed by atoms with Gasteiger partial charge >= 0.3 is 0 Å². The number of aryl methyl sites for hydroxylation is 1. The van der Waals surface area contributed by atoms with E-state index >= 15 is 0 Å². The molecule has 0 aliphatic heterocycles. The van der Waals surface area contributed by atoms with Gasteiger partial charge in [-0.1, -0.05) is 15.9 Å². The minimum absolute atomic E-state index is 0.146. The van der Waals surface area contributed by atoms with Crippen LogP contribution in [0.2, 0.25) is 0 Å². The predicted molar refractivity (Wildman–Crippen MR) is 67.5 cm³/mol. The van der Waals surface area contributed by atoms with Gasteiger partial charge in [-0.05, 0) is 25.2 Å². The van der Waals surface area contributed by atoms with E-state index in [4.69, 9.17) is 0 Å². The first kappa shape index (κ1) is 12.5. The van der Waals surface area contributed by atoms with Gasteiger partial charge < -0.3 is 0 Å². The monoisotopic (exact) mass is 324 g/mol. The second-order valence-electron chi connectivity index (χ2n) is 4.16. The third-order valence-corrected chi connectivity index (χ3v) is 6.71. The lowest BCUT2D eigenvalue weighted by molar-refractivity contribution is 0.539. The largest absolute Gasteiger partial charge is 0.251 e. The molecule has 0 bridgehead atoms. The quantitative estimate of drug-likeness (QED) is 0.841. The van der Waals surface area contributed by atoms with E-state index in [1.54, 1.807) is 6.92 Å². The van der Waals surface area contributed by atoms with Gasteiger partial charge in [0.25, 0.3) is 10.0 Å². The lowest BCUT2D eigenvalue weighted by Crippen LogP contribution is -2.30. The Kier molecular flexibility index (Phi) is 3.40. The molecule has 1 N–H and O–H groups in total. The third kappa shape index (κ3) is 2.64. The van der Waals surface area contributed by atoms with Crippen LogP contribution in [0, 0.1) is 12.3 Å². The average Bonchev–Trinajstić information content (AvgIpc) is 2.91. The van der Waals surface area contributed by atoms with Crippen molar-refractivity contribution in [3.8, 4) is 0 Å². The fourth-order valence-electron chi connectivity index (χ4n) is 1.32. The molecule has 1 saturated carbocycles. The van der Waals surface area contributed by atoms with Crippen molar-refractivity contribution in [3.63, 3.8) is 0 Å². The molecule has 0 saturated heterocycles. The van der Waals surface area contributed by atoms with Gasteiger partial charge in [0.1, 0.15) is 0 Å². The number of alkyl halides is 1. The van der Waals surface area contributed by atoms with E-state index in [0.29, 0.717) is 10.8 Å². The van der Waals surface area contributed by atoms with Crippen LogP contribution in [0.15, 0.2) is 10.4 Å². The van der Waals surface area contributed by atoms with Crippen molar-refractivity contribution in [3.05, 3.63) is 11.2 Å². The Morgan fingerprint density at radius 2 is 2.31 bits per heavy atom. The maximum absolute atomic E-state index is 11.9. The topological polar surface area (TPSA) is 59.1 Å². The first-order chi connectivity index (χ1) is 7.47. The summed E-state index contributed by atoms with van der Waals surface area (Å²) in [6, 6.07) is 0. The molecule has 16 heavy (non-hydrogen) atoms. The van der Waals surface area contributed by atoms with Gasteiger partial charge in [-0.25, -0.2) is 18.1 Å². The summed E-state index contributed by atoms with van der Waals surface area (Å²) in [4.78, 5) is 3.95. The zero-order chi connectivity index (χ0) is 11.8. The molecular formula is C9H13BrN2O2S2. The number of thiazole rings is 1. The summed E-state index contributed by atoms with van der Waals surface area (Å²) in [5.41, 5.74) is 0.146. The fourth-order valence-corrected chi connectivity index (χ4v) is 4.39. The first-order valence-electron chi connectivity index (χ1n) is 4.96. The Balaban J connectivity index is 2.04. The highest BCUT2D eigenvalue weighted by molar-refractivity contribution is 9.09. The van der Waals surface area contributed by atoms with Gasteiger partial charge in [0.05, 0.1) is 11.2 Å². The number of sulfonamides is 1. The Bertz CT molecular complexity index is 479. The van der Waals surface area contributed by atoms with Crippen molar-refractivity contribution in [1.82, 2.24) is 9.71 Å². The molecule has 0 unspecified atom stereocenters. The number of halogens is 1. The van der Waals surface area contributed by atoms with Crippen molar-refractivity contribution >= 4 is 37.3 Å². The van der Waals surface area contributed by atoms with Crippen LogP contribution in [0.5, 0.6) is 0 Å². The maximum atomic E-state index is 11.9. The lowest BCUT2D eigenvalue weighted by atomic mass is 10.1. The number of hydrogen-bond acceptors (Lipinski definition) is 4. The highest BCUT2D eigenvalue weighted by Gasteiger charge is 2.42. The van der Waals surface area contributed by atoms with Crippen LogP contribution < -0.4 is 4.72 Å². The molecule has 1 aliphatic carbocycles. The second-order valence-corrected chi connectivity index (χ2v) is 7.95. The van der Waals surface area contributed by atoms with Crippen molar-refractivity contribution < 1.29 is 8.42 Å². The smallest absolute Gasteiger partial charge is 0.249 e. The highest BCUT2D eigenvalue weighted by Crippen LogP contribution is 2.46. The average molecular weight is 325 g/mol. The number of hydrogen-bond donors (Lipinski definition) is 1. The highest BCUT2D eigenvalue weighted by atomic mass is 79.9. The number of aromatic nitrogens is 1. The second kappa shape index (κ2) is 4.36. The molecule has 0 atom stereocenters. The molecule has 90 valence electrons. The number of rotatable bonds is 5. The molecular weight excluding hydrogens is 312 g/mol. The van der Waals surface area contributed by atoms with Gasteiger partial charge in [0, 0.05) is 11.9 Å². The van der Waals surface area contributed by atoms with E-state index in [1.807, 2.05) is 0 Å². The summed E-state index contributed by atoms with van der Waals surface area (Å²) >= 11 is 4.62. The van der Waals surface area contributed by atoms with Crippen LogP contribution in [0.25, 0.3) is 0 Å². The zero-order valence-corrected chi connectivity index (χ0v) is 12.1. The molecule has 0 radical (unpaired) electrons. The Morgan fingerprint density at radius 1 is 1.62 bits per heavy atom. The van der Waals surface area contributed by atoms with Crippen LogP contribution >= 0.6 is 27.3 Å². The van der Waals surface area contributed by atoms with Crippen molar-refractivity contribution in [2.45, 2.75) is 24.0 Å². The zero-order valence-electron chi connectivity index (χ0n) is 8.86. The van der Waals surface area contributed by atoms with E-state index in [1.165, 1.54) is 17.5 Å². The summed E-state index contributed by atoms with van der Waals surface area (Å²) in [5.74, 6) is 0. The SMILES string of the molecule is Cc1ncc(S(=O)(=O)NCC2(CBr)CC2)s1. The number of nitrogens with one attached hydrogen (secondary N) is 1. The summed E-state index contributed by atoms with van der Waals surface area (Å²) in [6.07, 6.45) is 3.58. The first-order valence-corrected chi connectivity index (χ1v) is 8.38. The van der Waals surface area contributed by atoms with E-state index in [9.17, 15) is 8.42 Å². The maximum Gasteiger partial charge on any atom is 0.251 e. The van der Waals surface area contributed by atoms with Crippen molar-refractivity contribution in [2.75, 3.05) is 11.9 Å². The van der Waals surface area contributed by atoms with Gasteiger partial charge in [-0.3, -0.25) is 0 Å². The van der Waals surface area contributed by atoms with E-state index in [2.05, 4.69) is 25.6 Å². The molecule has 0 aromatic carbocycles. The summed E-state index contributed by atoms with van der Waals surface area (Å²) in [5, 5.41) is 1.62. The molecule has 1 aromatic rings. The van der Waals surface area contributed by atoms with Crippen LogP contribution in [0.3, 0.4) is 0 Å². The van der Waals surface area contributed by atoms with Gasteiger partial charge in [0.2, 0.25) is 0 Å². The minimum Gasteiger partial charge on any atom is -0.249 e. The van der Waals surface area contributed by atoms with Gasteiger partial charge in [-0.15, -0.1) is 11.3 Å². The molecule has 1 aromatic heterocycles. The Labute approximate surface area is 108 Å². The Morgan fingerprint density at radius 3 is 2.75 bits per heavy atom. The van der Waals surface area contributed by atoms with Gasteiger partial charge in [-0.2, -0.15) is 0 Å². The Hall–Kier alpha value is 0.0200. The van der Waals surface area contributed by atoms with Crippen LogP contribution in [0.1, 0.15) is 17.8 Å². The van der Waals surface area contributed by atoms with Crippen LogP contribution in [-0.4, -0.2) is 25.3 Å². The molecule has 4 nitrogen and oxygen atoms in total. The molecule has 1 aliphatic rings. The minimum atomic E-state index is -3.36. The number of nitrogens with zero attached hydrogens (tertiary/aromatic N) is 1. The molecule has 1 fully saturated rings. The summed E-state index contributed by atoms with van der Waals surface area (Å²) in [6.45, 7) is 2.31. The molecule has 7 heteroatoms. The molecule has 2 rings (SSSR count). The van der Waals surface area contributed by atoms with Crippen LogP contribution in [-0.2, 0) is 10.0 Å². The van der Waals surface area contributed by atoms with Crippen molar-refractivity contribution in [2.24, 2.45) is 5.41 Å². The normalized spacial score (nSPS) is 18.6. The molecule has 0 spiro atoms. The standard InChI is InChI=1S/C9H13BrN2O2S2/c1-7-11-4-8(15-7)16(13,14)12-6-9(5-10)2-3-9/h4,12H,2-3,5-6H2,1H3. The predicted octanol–water partition coefficient (Wildman–Crippen LogP) is 1.90. The van der Waals surface area contributed by atoms with Crippen LogP contribution in [0.4, 0.5) is 0 Å². The fraction of sp³-hybridized carbons (Fsp3) is 0.667. The van der Waals surface area contributed by atoms with E-state index < -0.39 is 10.0 Å². The lowest BCUT2D eigenvalue weighted by Gasteiger charge is -2.11. The molecule has 1 heterocycles. The van der Waals surface area contributed by atoms with Gasteiger partial charge in [0.15, 0.2) is 4.21 Å². The van der Waals surface area contributed by atoms with E-state index in [0.717, 1.165) is 23.2 Å². The molecule has 0 amide bonds. The van der Waals surface area contributed by atoms with E-state index in [-0.39, 0.29) is 5.41 Å².